The van der Waals surface area contributed by atoms with Crippen molar-refractivity contribution in [2.24, 2.45) is 0 Å². The molecule has 1 heterocycles. The van der Waals surface area contributed by atoms with Crippen molar-refractivity contribution in [3.05, 3.63) is 59.7 Å². The summed E-state index contributed by atoms with van der Waals surface area (Å²) in [5.41, 5.74) is 4.31. The molecule has 0 aromatic heterocycles. The number of para-hydroxylation sites is 1. The van der Waals surface area contributed by atoms with Crippen LogP contribution >= 0.6 is 11.8 Å². The quantitative estimate of drug-likeness (QED) is 0.862. The van der Waals surface area contributed by atoms with E-state index in [2.05, 4.69) is 58.7 Å². The molecule has 0 saturated carbocycles. The van der Waals surface area contributed by atoms with Crippen molar-refractivity contribution in [2.45, 2.75) is 23.6 Å². The van der Waals surface area contributed by atoms with Gasteiger partial charge in [-0.3, -0.25) is 0 Å². The Kier molecular flexibility index (Phi) is 4.84. The number of hydrogen-bond donors (Lipinski definition) is 1. The molecule has 2 aromatic carbocycles. The first-order valence-corrected chi connectivity index (χ1v) is 8.55. The normalized spacial score (nSPS) is 14.0. The summed E-state index contributed by atoms with van der Waals surface area (Å²) in [5, 5.41) is 3.25. The second-order valence-corrected chi connectivity index (χ2v) is 6.42. The number of nitrogens with one attached hydrogen (secondary N) is 1. The Morgan fingerprint density at radius 1 is 1.05 bits per heavy atom. The summed E-state index contributed by atoms with van der Waals surface area (Å²) in [4.78, 5) is 3.92. The fourth-order valence-corrected chi connectivity index (χ4v) is 3.90. The van der Waals surface area contributed by atoms with Crippen LogP contribution in [0.2, 0.25) is 0 Å². The average molecular weight is 298 g/mol. The van der Waals surface area contributed by atoms with Crippen molar-refractivity contribution in [1.82, 2.24) is 5.32 Å². The van der Waals surface area contributed by atoms with E-state index < -0.39 is 0 Å². The minimum Gasteiger partial charge on any atom is -0.366 e. The molecule has 0 amide bonds. The predicted molar refractivity (Wildman–Crippen MR) is 92.0 cm³/mol. The number of anilines is 1. The molecule has 0 unspecified atom stereocenters. The van der Waals surface area contributed by atoms with Crippen molar-refractivity contribution < 1.29 is 0 Å². The summed E-state index contributed by atoms with van der Waals surface area (Å²) in [6, 6.07) is 17.6. The van der Waals surface area contributed by atoms with Crippen molar-refractivity contribution in [2.75, 3.05) is 25.0 Å². The van der Waals surface area contributed by atoms with Gasteiger partial charge in [-0.25, -0.2) is 0 Å². The summed E-state index contributed by atoms with van der Waals surface area (Å²) < 4.78 is 0. The lowest BCUT2D eigenvalue weighted by Crippen LogP contribution is -2.27. The minimum absolute atomic E-state index is 1.01. The standard InChI is InChI=1S/C18H22N2S/c1-19-11-6-12-20-13-15-7-2-3-8-16(15)14-21-18-10-5-4-9-17(18)20/h2-5,7-10,19H,6,11-14H2,1H3. The Morgan fingerprint density at radius 2 is 1.81 bits per heavy atom. The second kappa shape index (κ2) is 7.01. The van der Waals surface area contributed by atoms with Crippen LogP contribution in [0.15, 0.2) is 53.4 Å². The van der Waals surface area contributed by atoms with E-state index in [9.17, 15) is 0 Å². The Balaban J connectivity index is 1.90. The molecule has 0 atom stereocenters. The van der Waals surface area contributed by atoms with Gasteiger partial charge in [0.05, 0.1) is 5.69 Å². The number of benzene rings is 2. The molecule has 0 bridgehead atoms. The maximum atomic E-state index is 3.25. The largest absolute Gasteiger partial charge is 0.366 e. The monoisotopic (exact) mass is 298 g/mol. The van der Waals surface area contributed by atoms with Gasteiger partial charge in [0.2, 0.25) is 0 Å². The zero-order valence-corrected chi connectivity index (χ0v) is 13.3. The van der Waals surface area contributed by atoms with Crippen LogP contribution in [-0.4, -0.2) is 20.1 Å². The van der Waals surface area contributed by atoms with Gasteiger partial charge in [-0.2, -0.15) is 0 Å². The van der Waals surface area contributed by atoms with Gasteiger partial charge < -0.3 is 10.2 Å². The van der Waals surface area contributed by atoms with Crippen molar-refractivity contribution in [3.8, 4) is 0 Å². The molecular formula is C18H22N2S. The van der Waals surface area contributed by atoms with Gasteiger partial charge in [0, 0.05) is 23.7 Å². The third-order valence-electron chi connectivity index (χ3n) is 3.92. The SMILES string of the molecule is CNCCCN1Cc2ccccc2CSc2ccccc21. The highest BCUT2D eigenvalue weighted by Crippen LogP contribution is 2.36. The second-order valence-electron chi connectivity index (χ2n) is 5.40. The lowest BCUT2D eigenvalue weighted by Gasteiger charge is -2.30. The zero-order valence-electron chi connectivity index (χ0n) is 12.5. The fourth-order valence-electron chi connectivity index (χ4n) is 2.79. The van der Waals surface area contributed by atoms with Crippen LogP contribution < -0.4 is 10.2 Å². The fraction of sp³-hybridized carbons (Fsp3) is 0.333. The molecule has 0 saturated heterocycles. The molecule has 21 heavy (non-hydrogen) atoms. The molecule has 0 spiro atoms. The van der Waals surface area contributed by atoms with Gasteiger partial charge >= 0.3 is 0 Å². The van der Waals surface area contributed by atoms with Gasteiger partial charge in [0.25, 0.3) is 0 Å². The third-order valence-corrected chi connectivity index (χ3v) is 5.04. The summed E-state index contributed by atoms with van der Waals surface area (Å²) in [5.74, 6) is 1.07. The number of thioether (sulfide) groups is 1. The van der Waals surface area contributed by atoms with Gasteiger partial charge in [-0.1, -0.05) is 36.4 Å². The molecule has 0 fully saturated rings. The molecule has 3 rings (SSSR count). The maximum absolute atomic E-state index is 3.25. The van der Waals surface area contributed by atoms with E-state index in [1.165, 1.54) is 21.7 Å². The van der Waals surface area contributed by atoms with Crippen molar-refractivity contribution in [3.63, 3.8) is 0 Å². The van der Waals surface area contributed by atoms with E-state index >= 15 is 0 Å². The average Bonchev–Trinajstić information content (AvgIpc) is 2.51. The van der Waals surface area contributed by atoms with Gasteiger partial charge in [-0.15, -0.1) is 11.8 Å². The van der Waals surface area contributed by atoms with Crippen LogP contribution in [0, 0.1) is 0 Å². The third kappa shape index (κ3) is 3.42. The first kappa shape index (κ1) is 14.5. The Bertz CT molecular complexity index is 597. The Hall–Kier alpha value is -1.45. The predicted octanol–water partition coefficient (Wildman–Crippen LogP) is 3.91. The van der Waals surface area contributed by atoms with E-state index in [4.69, 9.17) is 0 Å². The van der Waals surface area contributed by atoms with Crippen LogP contribution in [0.1, 0.15) is 17.5 Å². The van der Waals surface area contributed by atoms with Crippen molar-refractivity contribution >= 4 is 17.4 Å². The summed E-state index contributed by atoms with van der Waals surface area (Å²) in [7, 11) is 2.02. The summed E-state index contributed by atoms with van der Waals surface area (Å²) >= 11 is 1.95. The highest BCUT2D eigenvalue weighted by atomic mass is 32.2. The number of rotatable bonds is 4. The molecule has 1 aliphatic rings. The first-order chi connectivity index (χ1) is 10.4. The first-order valence-electron chi connectivity index (χ1n) is 7.56. The number of nitrogens with zero attached hydrogens (tertiary/aromatic N) is 1. The molecule has 3 heteroatoms. The molecular weight excluding hydrogens is 276 g/mol. The molecule has 2 nitrogen and oxygen atoms in total. The minimum atomic E-state index is 1.01. The number of hydrogen-bond acceptors (Lipinski definition) is 3. The highest BCUT2D eigenvalue weighted by Gasteiger charge is 2.16. The highest BCUT2D eigenvalue weighted by molar-refractivity contribution is 7.98. The Labute approximate surface area is 131 Å². The summed E-state index contributed by atoms with van der Waals surface area (Å²) in [6.45, 7) is 3.16. The topological polar surface area (TPSA) is 15.3 Å². The van der Waals surface area contributed by atoms with Gasteiger partial charge in [0.1, 0.15) is 0 Å². The zero-order chi connectivity index (χ0) is 14.5. The van der Waals surface area contributed by atoms with E-state index in [0.29, 0.717) is 0 Å². The molecule has 110 valence electrons. The molecule has 0 radical (unpaired) electrons. The van der Waals surface area contributed by atoms with Crippen LogP contribution in [0.5, 0.6) is 0 Å². The van der Waals surface area contributed by atoms with E-state index in [1.807, 2.05) is 18.8 Å². The van der Waals surface area contributed by atoms with Gasteiger partial charge in [-0.05, 0) is 43.3 Å². The van der Waals surface area contributed by atoms with E-state index in [-0.39, 0.29) is 0 Å². The molecule has 1 aliphatic heterocycles. The van der Waals surface area contributed by atoms with Crippen LogP contribution in [0.4, 0.5) is 5.69 Å². The molecule has 1 N–H and O–H groups in total. The number of fused-ring (bicyclic) bond motifs is 2. The lowest BCUT2D eigenvalue weighted by atomic mass is 10.1. The van der Waals surface area contributed by atoms with Crippen LogP contribution in [0.3, 0.4) is 0 Å². The van der Waals surface area contributed by atoms with Crippen molar-refractivity contribution in [1.29, 1.82) is 0 Å². The summed E-state index contributed by atoms with van der Waals surface area (Å²) in [6.07, 6.45) is 1.16. The Morgan fingerprint density at radius 3 is 2.67 bits per heavy atom. The van der Waals surface area contributed by atoms with Crippen LogP contribution in [0.25, 0.3) is 0 Å². The molecule has 2 aromatic rings. The smallest absolute Gasteiger partial charge is 0.0507 e. The lowest BCUT2D eigenvalue weighted by molar-refractivity contribution is 0.678. The maximum Gasteiger partial charge on any atom is 0.0507 e. The molecule has 0 aliphatic carbocycles. The van der Waals surface area contributed by atoms with Crippen LogP contribution in [-0.2, 0) is 12.3 Å². The van der Waals surface area contributed by atoms with E-state index in [1.54, 1.807) is 0 Å². The van der Waals surface area contributed by atoms with Gasteiger partial charge in [0.15, 0.2) is 0 Å². The van der Waals surface area contributed by atoms with E-state index in [0.717, 1.165) is 31.8 Å².